The summed E-state index contributed by atoms with van der Waals surface area (Å²) in [6, 6.07) is 9.81. The number of amides is 1. The Bertz CT molecular complexity index is 948. The van der Waals surface area contributed by atoms with Gasteiger partial charge in [-0.25, -0.2) is 0 Å². The van der Waals surface area contributed by atoms with Crippen LogP contribution in [0.2, 0.25) is 0 Å². The normalized spacial score (nSPS) is 21.0. The van der Waals surface area contributed by atoms with Gasteiger partial charge in [0, 0.05) is 25.4 Å². The second-order valence-electron chi connectivity index (χ2n) is 7.92. The van der Waals surface area contributed by atoms with Crippen LogP contribution in [-0.2, 0) is 18.4 Å². The molecule has 1 aromatic heterocycles. The minimum Gasteiger partial charge on any atom is -0.501 e. The number of aliphatic hydroxyl groups is 1. The van der Waals surface area contributed by atoms with Crippen molar-refractivity contribution in [1.82, 2.24) is 14.5 Å². The molecule has 1 aromatic carbocycles. The second kappa shape index (κ2) is 7.05. The number of nitrogens with zero attached hydrogens (tertiary/aromatic N) is 3. The van der Waals surface area contributed by atoms with E-state index in [-0.39, 0.29) is 17.7 Å². The van der Waals surface area contributed by atoms with Crippen molar-refractivity contribution in [3.05, 3.63) is 57.8 Å². The zero-order valence-electron chi connectivity index (χ0n) is 16.0. The van der Waals surface area contributed by atoms with Crippen LogP contribution >= 0.6 is 0 Å². The Morgan fingerprint density at radius 3 is 2.50 bits per heavy atom. The number of carbonyl (C=O) groups is 1. The Labute approximate surface area is 163 Å². The monoisotopic (exact) mass is 383 g/mol. The molecule has 1 aliphatic carbocycles. The predicted octanol–water partition coefficient (Wildman–Crippen LogP) is 1.45. The number of aromatic hydroxyl groups is 1. The first-order chi connectivity index (χ1) is 13.5. The lowest BCUT2D eigenvalue weighted by Gasteiger charge is -2.37. The molecule has 1 amide bonds. The van der Waals surface area contributed by atoms with Crippen LogP contribution in [0.25, 0.3) is 0 Å². The van der Waals surface area contributed by atoms with Gasteiger partial charge in [0.15, 0.2) is 5.69 Å². The molecule has 1 aliphatic heterocycles. The van der Waals surface area contributed by atoms with Gasteiger partial charge < -0.3 is 19.7 Å². The van der Waals surface area contributed by atoms with Crippen molar-refractivity contribution in [2.75, 3.05) is 13.7 Å². The fraction of sp³-hybridized carbons (Fsp3) is 0.476. The quantitative estimate of drug-likeness (QED) is 0.833. The molecule has 2 heterocycles. The summed E-state index contributed by atoms with van der Waals surface area (Å²) in [6.07, 6.45) is 4.70. The molecule has 1 fully saturated rings. The molecular weight excluding hydrogens is 358 g/mol. The third-order valence-corrected chi connectivity index (χ3v) is 6.36. The summed E-state index contributed by atoms with van der Waals surface area (Å²) in [4.78, 5) is 30.6. The molecule has 1 atom stereocenters. The van der Waals surface area contributed by atoms with Gasteiger partial charge in [-0.15, -0.1) is 0 Å². The lowest BCUT2D eigenvalue weighted by atomic mass is 9.76. The molecule has 1 unspecified atom stereocenters. The highest BCUT2D eigenvalue weighted by molar-refractivity contribution is 5.95. The average Bonchev–Trinajstić information content (AvgIpc) is 3.18. The Morgan fingerprint density at radius 1 is 1.18 bits per heavy atom. The maximum absolute atomic E-state index is 12.8. The summed E-state index contributed by atoms with van der Waals surface area (Å²) >= 11 is 0. The molecule has 0 bridgehead atoms. The standard InChI is InChI=1S/C21H25N3O4/c1-23-15(13-25)12-24-16(22-19(27)18(26)17(24)20(23)28)11-21(9-5-6-10-21)14-7-3-2-4-8-14/h2-4,7-8,15,25-26H,5-6,9-13H2,1H3. The Morgan fingerprint density at radius 2 is 1.86 bits per heavy atom. The highest BCUT2D eigenvalue weighted by Gasteiger charge is 2.40. The fourth-order valence-electron chi connectivity index (χ4n) is 4.70. The molecule has 2 aliphatic rings. The van der Waals surface area contributed by atoms with Gasteiger partial charge in [0.2, 0.25) is 5.75 Å². The number of fused-ring (bicyclic) bond motifs is 1. The molecule has 0 radical (unpaired) electrons. The zero-order chi connectivity index (χ0) is 19.9. The van der Waals surface area contributed by atoms with Crippen molar-refractivity contribution in [1.29, 1.82) is 0 Å². The molecular formula is C21H25N3O4. The van der Waals surface area contributed by atoms with E-state index in [1.54, 1.807) is 11.6 Å². The van der Waals surface area contributed by atoms with Crippen LogP contribution in [0.5, 0.6) is 5.75 Å². The van der Waals surface area contributed by atoms with E-state index in [0.717, 1.165) is 25.7 Å². The van der Waals surface area contributed by atoms with E-state index in [0.29, 0.717) is 18.8 Å². The lowest BCUT2D eigenvalue weighted by molar-refractivity contribution is 0.0546. The molecule has 148 valence electrons. The Balaban J connectivity index is 1.84. The SMILES string of the molecule is CN1C(=O)c2c(O)c(=O)nc(CC3(c4ccccc4)CCCC3)n2CC1CO. The van der Waals surface area contributed by atoms with Crippen LogP contribution in [0.3, 0.4) is 0 Å². The van der Waals surface area contributed by atoms with Gasteiger partial charge in [0.1, 0.15) is 5.82 Å². The summed E-state index contributed by atoms with van der Waals surface area (Å²) < 4.78 is 1.64. The molecule has 2 N–H and O–H groups in total. The first-order valence-electron chi connectivity index (χ1n) is 9.73. The summed E-state index contributed by atoms with van der Waals surface area (Å²) in [5.74, 6) is -0.579. The third-order valence-electron chi connectivity index (χ3n) is 6.36. The van der Waals surface area contributed by atoms with Crippen molar-refractivity contribution in [2.45, 2.75) is 50.1 Å². The minimum absolute atomic E-state index is 0.0246. The molecule has 0 saturated heterocycles. The first-order valence-corrected chi connectivity index (χ1v) is 9.73. The number of hydrogen-bond donors (Lipinski definition) is 2. The van der Waals surface area contributed by atoms with Gasteiger partial charge in [0.25, 0.3) is 5.91 Å². The van der Waals surface area contributed by atoms with E-state index >= 15 is 0 Å². The predicted molar refractivity (Wildman–Crippen MR) is 103 cm³/mol. The highest BCUT2D eigenvalue weighted by atomic mass is 16.3. The molecule has 28 heavy (non-hydrogen) atoms. The number of rotatable bonds is 4. The molecule has 4 rings (SSSR count). The average molecular weight is 383 g/mol. The number of carbonyl (C=O) groups excluding carboxylic acids is 1. The Kier molecular flexibility index (Phi) is 4.71. The summed E-state index contributed by atoms with van der Waals surface area (Å²) in [7, 11) is 1.57. The lowest BCUT2D eigenvalue weighted by Crippen LogP contribution is -2.49. The van der Waals surface area contributed by atoms with Gasteiger partial charge >= 0.3 is 5.56 Å². The fourth-order valence-corrected chi connectivity index (χ4v) is 4.70. The molecule has 0 spiro atoms. The smallest absolute Gasteiger partial charge is 0.315 e. The maximum atomic E-state index is 12.8. The largest absolute Gasteiger partial charge is 0.501 e. The topological polar surface area (TPSA) is 95.7 Å². The third kappa shape index (κ3) is 2.90. The van der Waals surface area contributed by atoms with Crippen LogP contribution in [0.4, 0.5) is 0 Å². The van der Waals surface area contributed by atoms with Crippen molar-refractivity contribution in [2.24, 2.45) is 0 Å². The second-order valence-corrected chi connectivity index (χ2v) is 7.92. The van der Waals surface area contributed by atoms with Gasteiger partial charge in [-0.05, 0) is 18.4 Å². The van der Waals surface area contributed by atoms with Crippen LogP contribution in [-0.4, -0.2) is 50.3 Å². The number of benzene rings is 1. The number of likely N-dealkylation sites (N-methyl/N-ethyl adjacent to an activating group) is 1. The van der Waals surface area contributed by atoms with Gasteiger partial charge in [-0.3, -0.25) is 9.59 Å². The van der Waals surface area contributed by atoms with Crippen LogP contribution < -0.4 is 5.56 Å². The van der Waals surface area contributed by atoms with Crippen molar-refractivity contribution in [3.8, 4) is 5.75 Å². The van der Waals surface area contributed by atoms with Gasteiger partial charge in [-0.2, -0.15) is 4.98 Å². The molecule has 1 saturated carbocycles. The van der Waals surface area contributed by atoms with Crippen molar-refractivity contribution in [3.63, 3.8) is 0 Å². The van der Waals surface area contributed by atoms with Gasteiger partial charge in [0.05, 0.1) is 12.6 Å². The summed E-state index contributed by atoms with van der Waals surface area (Å²) in [5.41, 5.74) is 0.275. The van der Waals surface area contributed by atoms with Gasteiger partial charge in [-0.1, -0.05) is 43.2 Å². The maximum Gasteiger partial charge on any atom is 0.315 e. The van der Waals surface area contributed by atoms with E-state index in [2.05, 4.69) is 17.1 Å². The summed E-state index contributed by atoms with van der Waals surface area (Å²) in [6.45, 7) is 0.104. The molecule has 2 aromatic rings. The molecule has 7 nitrogen and oxygen atoms in total. The van der Waals surface area contributed by atoms with Crippen molar-refractivity contribution >= 4 is 5.91 Å². The van der Waals surface area contributed by atoms with Crippen LogP contribution in [0.15, 0.2) is 35.1 Å². The highest BCUT2D eigenvalue weighted by Crippen LogP contribution is 2.43. The number of aromatic nitrogens is 2. The first kappa shape index (κ1) is 18.7. The van der Waals surface area contributed by atoms with E-state index in [1.807, 2.05) is 18.2 Å². The van der Waals surface area contributed by atoms with Crippen molar-refractivity contribution < 1.29 is 15.0 Å². The van der Waals surface area contributed by atoms with E-state index in [9.17, 15) is 19.8 Å². The van der Waals surface area contributed by atoms with E-state index in [1.165, 1.54) is 10.5 Å². The molecule has 7 heteroatoms. The van der Waals surface area contributed by atoms with Crippen LogP contribution in [0.1, 0.15) is 47.6 Å². The minimum atomic E-state index is -0.772. The zero-order valence-corrected chi connectivity index (χ0v) is 16.0. The van der Waals surface area contributed by atoms with Crippen LogP contribution in [0, 0.1) is 0 Å². The number of aliphatic hydroxyl groups excluding tert-OH is 1. The summed E-state index contributed by atoms with van der Waals surface area (Å²) in [5, 5.41) is 19.9. The van der Waals surface area contributed by atoms with E-state index in [4.69, 9.17) is 0 Å². The Hall–Kier alpha value is -2.67. The number of hydrogen-bond acceptors (Lipinski definition) is 5. The van der Waals surface area contributed by atoms with E-state index < -0.39 is 23.3 Å².